The summed E-state index contributed by atoms with van der Waals surface area (Å²) < 4.78 is 8.84. The Kier molecular flexibility index (Phi) is 5.00. The zero-order valence-corrected chi connectivity index (χ0v) is 24.3. The van der Waals surface area contributed by atoms with E-state index in [0.717, 1.165) is 39.0 Å². The predicted octanol–water partition coefficient (Wildman–Crippen LogP) is 11.9. The lowest BCUT2D eigenvalue weighted by atomic mass is 10.0. The lowest BCUT2D eigenvalue weighted by molar-refractivity contribution is 0.669. The number of para-hydroxylation sites is 3. The van der Waals surface area contributed by atoms with E-state index in [0.29, 0.717) is 0 Å². The first-order valence-corrected chi connectivity index (χ1v) is 15.4. The summed E-state index contributed by atoms with van der Waals surface area (Å²) in [5.74, 6) is 0. The van der Waals surface area contributed by atoms with Crippen molar-refractivity contribution >= 4 is 77.1 Å². The molecule has 0 atom stereocenters. The third-order valence-electron chi connectivity index (χ3n) is 9.32. The predicted molar refractivity (Wildman–Crippen MR) is 188 cm³/mol. The van der Waals surface area contributed by atoms with Crippen molar-refractivity contribution in [2.45, 2.75) is 0 Å². The van der Waals surface area contributed by atoms with Crippen molar-refractivity contribution in [2.24, 2.45) is 0 Å². The van der Waals surface area contributed by atoms with E-state index >= 15 is 0 Å². The van der Waals surface area contributed by atoms with Gasteiger partial charge in [-0.05, 0) is 59.7 Å². The number of fused-ring (bicyclic) bond motifs is 9. The van der Waals surface area contributed by atoms with E-state index < -0.39 is 0 Å². The van der Waals surface area contributed by atoms with Gasteiger partial charge in [0.1, 0.15) is 11.2 Å². The SMILES string of the molecule is c1ccc(-c2ccc(N(c3ccc4c(c3)oc3ccccc34)c3ccc4c5ccccc5n5c6ccccc6c3c45)cc2)cc1. The molecule has 0 aliphatic heterocycles. The van der Waals surface area contributed by atoms with Gasteiger partial charge in [-0.15, -0.1) is 0 Å². The molecule has 0 radical (unpaired) electrons. The molecule has 0 amide bonds. The summed E-state index contributed by atoms with van der Waals surface area (Å²) in [6.45, 7) is 0. The molecule has 3 heteroatoms. The van der Waals surface area contributed by atoms with Gasteiger partial charge in [-0.3, -0.25) is 0 Å². The van der Waals surface area contributed by atoms with Crippen LogP contribution in [-0.2, 0) is 0 Å². The lowest BCUT2D eigenvalue weighted by Crippen LogP contribution is -2.10. The molecule has 45 heavy (non-hydrogen) atoms. The molecule has 3 aromatic heterocycles. The summed E-state index contributed by atoms with van der Waals surface area (Å²) >= 11 is 0. The zero-order chi connectivity index (χ0) is 29.5. The van der Waals surface area contributed by atoms with E-state index in [1.165, 1.54) is 49.2 Å². The van der Waals surface area contributed by atoms with E-state index in [2.05, 4.69) is 155 Å². The van der Waals surface area contributed by atoms with Crippen LogP contribution in [0, 0.1) is 0 Å². The van der Waals surface area contributed by atoms with Gasteiger partial charge in [0.2, 0.25) is 0 Å². The highest BCUT2D eigenvalue weighted by atomic mass is 16.3. The maximum Gasteiger partial charge on any atom is 0.137 e. The lowest BCUT2D eigenvalue weighted by Gasteiger charge is -2.27. The average molecular weight is 575 g/mol. The normalized spacial score (nSPS) is 12.0. The van der Waals surface area contributed by atoms with Crippen molar-refractivity contribution < 1.29 is 4.42 Å². The Morgan fingerprint density at radius 2 is 1.02 bits per heavy atom. The fourth-order valence-corrected chi connectivity index (χ4v) is 7.34. The Labute approximate surface area is 259 Å². The minimum atomic E-state index is 0.881. The molecule has 0 saturated heterocycles. The average Bonchev–Trinajstić information content (AvgIpc) is 3.76. The highest BCUT2D eigenvalue weighted by molar-refractivity contribution is 6.27. The summed E-state index contributed by atoms with van der Waals surface area (Å²) in [4.78, 5) is 2.39. The second kappa shape index (κ2) is 9.22. The van der Waals surface area contributed by atoms with Gasteiger partial charge in [0.05, 0.1) is 22.2 Å². The van der Waals surface area contributed by atoms with E-state index in [1.54, 1.807) is 0 Å². The van der Waals surface area contributed by atoms with Gasteiger partial charge in [-0.1, -0.05) is 103 Å². The molecule has 3 nitrogen and oxygen atoms in total. The third kappa shape index (κ3) is 3.46. The number of furan rings is 1. The zero-order valence-electron chi connectivity index (χ0n) is 24.3. The van der Waals surface area contributed by atoms with Crippen molar-refractivity contribution in [3.63, 3.8) is 0 Å². The van der Waals surface area contributed by atoms with Crippen molar-refractivity contribution in [3.05, 3.63) is 158 Å². The van der Waals surface area contributed by atoms with Crippen LogP contribution >= 0.6 is 0 Å². The Morgan fingerprint density at radius 3 is 1.84 bits per heavy atom. The van der Waals surface area contributed by atoms with E-state index in [-0.39, 0.29) is 0 Å². The fraction of sp³-hybridized carbons (Fsp3) is 0. The molecule has 0 fully saturated rings. The molecule has 0 aliphatic rings. The first kappa shape index (κ1) is 24.4. The van der Waals surface area contributed by atoms with Crippen LogP contribution in [0.4, 0.5) is 17.1 Å². The van der Waals surface area contributed by atoms with Crippen molar-refractivity contribution in [1.29, 1.82) is 0 Å². The maximum atomic E-state index is 6.39. The quantitative estimate of drug-likeness (QED) is 0.208. The number of benzene rings is 7. The topological polar surface area (TPSA) is 20.8 Å². The highest BCUT2D eigenvalue weighted by Crippen LogP contribution is 2.47. The Morgan fingerprint density at radius 1 is 0.422 bits per heavy atom. The molecule has 0 N–H and O–H groups in total. The fourth-order valence-electron chi connectivity index (χ4n) is 7.34. The standard InChI is InChI=1S/C42H26N2O/c1-2-10-27(11-3-1)28-18-20-29(21-19-28)43(30-22-23-33-32-13-6-9-17-39(32)45-40(33)26-30)38-25-24-34-31-12-4-7-15-36(31)44-37-16-8-5-14-35(37)41(38)42(34)44/h1-26H. The molecular formula is C42H26N2O. The van der Waals surface area contributed by atoms with Gasteiger partial charge in [0, 0.05) is 49.8 Å². The Hall–Kier alpha value is -6.06. The molecule has 3 heterocycles. The number of nitrogens with zero attached hydrogens (tertiary/aromatic N) is 2. The van der Waals surface area contributed by atoms with Crippen LogP contribution in [0.2, 0.25) is 0 Å². The van der Waals surface area contributed by atoms with Crippen LogP contribution in [0.5, 0.6) is 0 Å². The van der Waals surface area contributed by atoms with Gasteiger partial charge in [-0.2, -0.15) is 0 Å². The third-order valence-corrected chi connectivity index (χ3v) is 9.32. The second-order valence-corrected chi connectivity index (χ2v) is 11.8. The van der Waals surface area contributed by atoms with Gasteiger partial charge in [0.25, 0.3) is 0 Å². The summed E-state index contributed by atoms with van der Waals surface area (Å²) in [5.41, 5.74) is 11.2. The summed E-state index contributed by atoms with van der Waals surface area (Å²) in [5, 5.41) is 7.30. The second-order valence-electron chi connectivity index (χ2n) is 11.8. The molecule has 0 spiro atoms. The molecule has 10 rings (SSSR count). The molecule has 0 aliphatic carbocycles. The molecule has 0 bridgehead atoms. The molecule has 10 aromatic rings. The smallest absolute Gasteiger partial charge is 0.137 e. The Bertz CT molecular complexity index is 2700. The van der Waals surface area contributed by atoms with Gasteiger partial charge in [0.15, 0.2) is 0 Å². The van der Waals surface area contributed by atoms with E-state index in [1.807, 2.05) is 12.1 Å². The minimum Gasteiger partial charge on any atom is -0.456 e. The largest absolute Gasteiger partial charge is 0.456 e. The first-order valence-electron chi connectivity index (χ1n) is 15.4. The number of hydrogen-bond donors (Lipinski definition) is 0. The van der Waals surface area contributed by atoms with Crippen molar-refractivity contribution in [1.82, 2.24) is 4.40 Å². The molecule has 210 valence electrons. The van der Waals surface area contributed by atoms with E-state index in [4.69, 9.17) is 4.42 Å². The number of hydrogen-bond acceptors (Lipinski definition) is 2. The number of rotatable bonds is 4. The molecular weight excluding hydrogens is 548 g/mol. The summed E-state index contributed by atoms with van der Waals surface area (Å²) in [6, 6.07) is 56.5. The maximum absolute atomic E-state index is 6.39. The van der Waals surface area contributed by atoms with Gasteiger partial charge >= 0.3 is 0 Å². The molecule has 0 unspecified atom stereocenters. The first-order chi connectivity index (χ1) is 22.3. The van der Waals surface area contributed by atoms with E-state index in [9.17, 15) is 0 Å². The molecule has 0 saturated carbocycles. The van der Waals surface area contributed by atoms with Crippen LogP contribution in [0.25, 0.3) is 71.2 Å². The van der Waals surface area contributed by atoms with Crippen LogP contribution in [0.3, 0.4) is 0 Å². The Balaban J connectivity index is 1.28. The number of anilines is 3. The van der Waals surface area contributed by atoms with Gasteiger partial charge < -0.3 is 13.7 Å². The van der Waals surface area contributed by atoms with Crippen LogP contribution < -0.4 is 4.90 Å². The molecule has 7 aromatic carbocycles. The van der Waals surface area contributed by atoms with Crippen molar-refractivity contribution in [2.75, 3.05) is 4.90 Å². The van der Waals surface area contributed by atoms with Crippen LogP contribution in [0.15, 0.2) is 162 Å². The van der Waals surface area contributed by atoms with Gasteiger partial charge in [-0.25, -0.2) is 0 Å². The highest BCUT2D eigenvalue weighted by Gasteiger charge is 2.24. The van der Waals surface area contributed by atoms with Crippen LogP contribution in [-0.4, -0.2) is 4.40 Å². The summed E-state index contributed by atoms with van der Waals surface area (Å²) in [6.07, 6.45) is 0. The monoisotopic (exact) mass is 574 g/mol. The summed E-state index contributed by atoms with van der Waals surface area (Å²) in [7, 11) is 0. The van der Waals surface area contributed by atoms with Crippen LogP contribution in [0.1, 0.15) is 0 Å². The minimum absolute atomic E-state index is 0.881. The van der Waals surface area contributed by atoms with Crippen molar-refractivity contribution in [3.8, 4) is 11.1 Å². The number of aromatic nitrogens is 1.